The summed E-state index contributed by atoms with van der Waals surface area (Å²) in [5.41, 5.74) is 4.49. The minimum atomic E-state index is -4.24. The predicted octanol–water partition coefficient (Wildman–Crippen LogP) is 5.51. The number of nitrogens with one attached hydrogen (secondary N) is 2. The lowest BCUT2D eigenvalue weighted by Crippen LogP contribution is -2.31. The van der Waals surface area contributed by atoms with Crippen LogP contribution in [0.4, 0.5) is 15.9 Å². The highest BCUT2D eigenvalue weighted by Crippen LogP contribution is 2.29. The van der Waals surface area contributed by atoms with Gasteiger partial charge in [0.2, 0.25) is 0 Å². The number of amides is 1. The van der Waals surface area contributed by atoms with E-state index in [-0.39, 0.29) is 10.5 Å². The molecule has 0 fully saturated rings. The van der Waals surface area contributed by atoms with Crippen LogP contribution in [-0.2, 0) is 16.4 Å². The van der Waals surface area contributed by atoms with Crippen LogP contribution in [-0.4, -0.2) is 34.1 Å². The number of hydrogen-bond acceptors (Lipinski definition) is 7. The van der Waals surface area contributed by atoms with Crippen LogP contribution in [0.25, 0.3) is 17.1 Å². The van der Waals surface area contributed by atoms with Gasteiger partial charge < -0.3 is 5.32 Å². The molecular weight excluding hydrogens is 543 g/mol. The molecule has 0 bridgehead atoms. The van der Waals surface area contributed by atoms with Gasteiger partial charge in [-0.3, -0.25) is 9.78 Å². The van der Waals surface area contributed by atoms with Gasteiger partial charge in [0.05, 0.1) is 33.2 Å². The molecule has 2 N–H and O–H groups in total. The van der Waals surface area contributed by atoms with Gasteiger partial charge in [0.15, 0.2) is 5.82 Å². The standard InChI is InChI=1S/C30H27FN6O3S/c1-4-21-8-7-9-22(16-21)27-17-28(37(35-27)29-20(3)32-18-19(2)33-29)34-26-11-6-5-10-25(26)30(38)36-41(39,40)24-14-12-23(31)13-15-24/h5-18,34H,4H2,1-3H3,(H,36,38). The highest BCUT2D eigenvalue weighted by molar-refractivity contribution is 7.90. The van der Waals surface area contributed by atoms with Gasteiger partial charge in [0.1, 0.15) is 11.6 Å². The Labute approximate surface area is 237 Å². The molecule has 0 aliphatic carbocycles. The number of halogens is 1. The molecular formula is C30H27FN6O3S. The molecule has 3 aromatic carbocycles. The number of rotatable bonds is 8. The molecule has 0 saturated carbocycles. The summed E-state index contributed by atoms with van der Waals surface area (Å²) in [5.74, 6) is -0.445. The topological polar surface area (TPSA) is 119 Å². The maximum absolute atomic E-state index is 13.3. The van der Waals surface area contributed by atoms with Crippen LogP contribution < -0.4 is 10.0 Å². The molecule has 9 nitrogen and oxygen atoms in total. The summed E-state index contributed by atoms with van der Waals surface area (Å²) in [4.78, 5) is 22.1. The van der Waals surface area contributed by atoms with Gasteiger partial charge in [-0.2, -0.15) is 9.78 Å². The Balaban J connectivity index is 1.54. The zero-order valence-corrected chi connectivity index (χ0v) is 23.4. The second-order valence-corrected chi connectivity index (χ2v) is 11.0. The molecule has 0 aliphatic heterocycles. The molecule has 2 heterocycles. The van der Waals surface area contributed by atoms with Crippen LogP contribution in [0.5, 0.6) is 0 Å². The lowest BCUT2D eigenvalue weighted by Gasteiger charge is -2.14. The van der Waals surface area contributed by atoms with E-state index in [4.69, 9.17) is 5.10 Å². The second kappa shape index (κ2) is 11.3. The van der Waals surface area contributed by atoms with Crippen molar-refractivity contribution in [2.24, 2.45) is 0 Å². The van der Waals surface area contributed by atoms with Crippen molar-refractivity contribution in [1.29, 1.82) is 0 Å². The maximum Gasteiger partial charge on any atom is 0.267 e. The van der Waals surface area contributed by atoms with Crippen molar-refractivity contribution in [2.75, 3.05) is 5.32 Å². The van der Waals surface area contributed by atoms with Crippen LogP contribution in [0.1, 0.15) is 34.2 Å². The summed E-state index contributed by atoms with van der Waals surface area (Å²) in [6.45, 7) is 5.74. The van der Waals surface area contributed by atoms with Crippen LogP contribution in [0.2, 0.25) is 0 Å². The Hall–Kier alpha value is -4.90. The number of hydrogen-bond donors (Lipinski definition) is 2. The molecule has 11 heteroatoms. The number of para-hydroxylation sites is 1. The van der Waals surface area contributed by atoms with E-state index in [1.54, 1.807) is 29.1 Å². The minimum absolute atomic E-state index is 0.0764. The minimum Gasteiger partial charge on any atom is -0.339 e. The Morgan fingerprint density at radius 2 is 1.73 bits per heavy atom. The first-order chi connectivity index (χ1) is 19.6. The Kier molecular flexibility index (Phi) is 7.62. The van der Waals surface area contributed by atoms with E-state index < -0.39 is 21.7 Å². The van der Waals surface area contributed by atoms with Crippen LogP contribution in [0.3, 0.4) is 0 Å². The number of carbonyl (C=O) groups excluding carboxylic acids is 1. The van der Waals surface area contributed by atoms with E-state index in [2.05, 4.69) is 33.0 Å². The van der Waals surface area contributed by atoms with Crippen molar-refractivity contribution in [3.05, 3.63) is 113 Å². The number of nitrogens with zero attached hydrogens (tertiary/aromatic N) is 4. The highest BCUT2D eigenvalue weighted by Gasteiger charge is 2.22. The molecule has 0 unspecified atom stereocenters. The monoisotopic (exact) mass is 570 g/mol. The Bertz CT molecular complexity index is 1850. The smallest absolute Gasteiger partial charge is 0.267 e. The number of aryl methyl sites for hydroxylation is 3. The Morgan fingerprint density at radius 3 is 2.49 bits per heavy atom. The summed E-state index contributed by atoms with van der Waals surface area (Å²) < 4.78 is 42.6. The molecule has 0 saturated heterocycles. The zero-order valence-electron chi connectivity index (χ0n) is 22.6. The molecule has 5 rings (SSSR count). The summed E-state index contributed by atoms with van der Waals surface area (Å²) in [6.07, 6.45) is 2.54. The first-order valence-corrected chi connectivity index (χ1v) is 14.3. The fraction of sp³-hybridized carbons (Fsp3) is 0.133. The van der Waals surface area contributed by atoms with Crippen molar-refractivity contribution in [1.82, 2.24) is 24.5 Å². The lowest BCUT2D eigenvalue weighted by atomic mass is 10.1. The van der Waals surface area contributed by atoms with Crippen LogP contribution >= 0.6 is 0 Å². The number of anilines is 2. The van der Waals surface area contributed by atoms with Gasteiger partial charge in [0, 0.05) is 17.8 Å². The van der Waals surface area contributed by atoms with Crippen molar-refractivity contribution in [2.45, 2.75) is 32.1 Å². The largest absolute Gasteiger partial charge is 0.339 e. The third kappa shape index (κ3) is 5.99. The quantitative estimate of drug-likeness (QED) is 0.253. The van der Waals surface area contributed by atoms with Gasteiger partial charge in [-0.1, -0.05) is 37.3 Å². The first kappa shape index (κ1) is 27.7. The highest BCUT2D eigenvalue weighted by atomic mass is 32.2. The van der Waals surface area contributed by atoms with Gasteiger partial charge in [-0.15, -0.1) is 0 Å². The molecule has 208 valence electrons. The number of benzene rings is 3. The van der Waals surface area contributed by atoms with Gasteiger partial charge in [0.25, 0.3) is 15.9 Å². The average Bonchev–Trinajstić information content (AvgIpc) is 3.38. The van der Waals surface area contributed by atoms with E-state index in [1.165, 1.54) is 6.07 Å². The zero-order chi connectivity index (χ0) is 29.1. The normalized spacial score (nSPS) is 11.3. The van der Waals surface area contributed by atoms with Crippen molar-refractivity contribution >= 4 is 27.4 Å². The summed E-state index contributed by atoms with van der Waals surface area (Å²) in [5, 5.41) is 8.08. The van der Waals surface area contributed by atoms with Crippen LogP contribution in [0, 0.1) is 19.7 Å². The van der Waals surface area contributed by atoms with Crippen molar-refractivity contribution in [3.8, 4) is 17.1 Å². The van der Waals surface area contributed by atoms with E-state index in [1.807, 2.05) is 38.1 Å². The summed E-state index contributed by atoms with van der Waals surface area (Å²) in [7, 11) is -4.24. The second-order valence-electron chi connectivity index (χ2n) is 9.36. The molecule has 0 aliphatic rings. The van der Waals surface area contributed by atoms with Crippen molar-refractivity contribution in [3.63, 3.8) is 0 Å². The fourth-order valence-corrected chi connectivity index (χ4v) is 5.19. The SMILES string of the molecule is CCc1cccc(-c2cc(Nc3ccccc3C(=O)NS(=O)(=O)c3ccc(F)cc3)n(-c3nc(C)cnc3C)n2)c1. The third-order valence-electron chi connectivity index (χ3n) is 6.38. The number of aromatic nitrogens is 4. The Morgan fingerprint density at radius 1 is 0.976 bits per heavy atom. The molecule has 41 heavy (non-hydrogen) atoms. The van der Waals surface area contributed by atoms with E-state index in [9.17, 15) is 17.6 Å². The van der Waals surface area contributed by atoms with Crippen LogP contribution in [0.15, 0.2) is 90.0 Å². The summed E-state index contributed by atoms with van der Waals surface area (Å²) >= 11 is 0. The molecule has 0 radical (unpaired) electrons. The average molecular weight is 571 g/mol. The fourth-order valence-electron chi connectivity index (χ4n) is 4.23. The van der Waals surface area contributed by atoms with E-state index >= 15 is 0 Å². The number of carbonyl (C=O) groups is 1. The van der Waals surface area contributed by atoms with Gasteiger partial charge in [-0.05, 0) is 68.3 Å². The van der Waals surface area contributed by atoms with Crippen molar-refractivity contribution < 1.29 is 17.6 Å². The van der Waals surface area contributed by atoms with Gasteiger partial charge in [-0.25, -0.2) is 22.5 Å². The predicted molar refractivity (Wildman–Crippen MR) is 154 cm³/mol. The maximum atomic E-state index is 13.3. The molecule has 0 atom stereocenters. The molecule has 2 aromatic heterocycles. The first-order valence-electron chi connectivity index (χ1n) is 12.8. The molecule has 0 spiro atoms. The van der Waals surface area contributed by atoms with E-state index in [0.717, 1.165) is 41.8 Å². The number of sulfonamides is 1. The van der Waals surface area contributed by atoms with E-state index in [0.29, 0.717) is 34.4 Å². The third-order valence-corrected chi connectivity index (χ3v) is 7.72. The summed E-state index contributed by atoms with van der Waals surface area (Å²) in [6, 6.07) is 20.6. The molecule has 1 amide bonds. The van der Waals surface area contributed by atoms with Gasteiger partial charge >= 0.3 is 0 Å². The molecule has 5 aromatic rings. The lowest BCUT2D eigenvalue weighted by molar-refractivity contribution is 0.0982.